The van der Waals surface area contributed by atoms with Crippen LogP contribution in [0.2, 0.25) is 0 Å². The van der Waals surface area contributed by atoms with Crippen molar-refractivity contribution in [2.45, 2.75) is 551 Å². The number of hydrogen-bond acceptors (Lipinski definition) is 9. The van der Waals surface area contributed by atoms with Gasteiger partial charge in [-0.15, -0.1) is 0 Å². The van der Waals surface area contributed by atoms with E-state index in [-0.39, 0.29) is 24.0 Å². The van der Waals surface area contributed by atoms with Crippen LogP contribution in [0.25, 0.3) is 0 Å². The second-order valence-electron chi connectivity index (χ2n) is 56.2. The SMILES string of the molecule is C.CC(C)(C)C1CC(C(C)(C)C)N(C(C)(C)C)C1.CC(C)(C)C1CCCCN1C(C)(C)C.CC(C)(C)C1CCCCN1C(C)(C)C.CC(C)(C)C1CCCN1C(C)(C)C.CC(C)(C)C1CCN(C(C)(C)C)C1.CC(C)(C)C1CCN1C(C)(C)C.CC(C)(C)C1COCN1C(C)(C)C.CC(C)(C)N1CCCC1(C(C)(C)C)C(C)(C)C. The molecule has 0 radical (unpaired) electrons. The van der Waals surface area contributed by atoms with Gasteiger partial charge in [-0.25, -0.2) is 0 Å². The van der Waals surface area contributed by atoms with E-state index in [1.807, 2.05) is 0 Å². The Morgan fingerprint density at radius 1 is 0.237 bits per heavy atom. The number of rotatable bonds is 0. The van der Waals surface area contributed by atoms with E-state index in [4.69, 9.17) is 4.74 Å². The highest BCUT2D eigenvalue weighted by molar-refractivity contribution is 5.13. The standard InChI is InChI=1S/2C16H33N.2C13H27N.2C12H25N.C11H23NO.C11H23N.CH4/c1-14(2,3)12-10-13(15(4,5)6)17(11-12)16(7,8)9;1-13(2,3)16(14(4,5)6)11-10-12-17(16)15(7,8)9;2*1-12(2,3)11-9-7-8-10-14(11)13(4,5)6;1-11(2,3)10-7-8-13(9-10)12(4,5)6;1-11(2,3)10-8-7-9-13(10)12(4,5)6;1-10(2,3)9-7-13-8-12(9)11(4,5)6;1-10(2,3)9-7-8-12(9)11(4,5)6;/h12-13H,10-11H2,1-9H3;10-12H2,1-9H3;2*11H,7-10H2,1-6H3;2*10H,7-9H2,1-6H3;9H,7-8H2,1-6H3;9H,7-8H2,1-6H3;1H4. The number of piperidine rings is 2. The smallest absolute Gasteiger partial charge is 0.0998 e. The summed E-state index contributed by atoms with van der Waals surface area (Å²) in [5.41, 5.74) is 6.77. The molecule has 0 aliphatic carbocycles. The van der Waals surface area contributed by atoms with Gasteiger partial charge in [-0.2, -0.15) is 0 Å². The first-order valence-electron chi connectivity index (χ1n) is 47.2. The molecule has 9 nitrogen and oxygen atoms in total. The molecule has 8 saturated heterocycles. The van der Waals surface area contributed by atoms with E-state index < -0.39 is 0 Å². The predicted octanol–water partition coefficient (Wildman–Crippen LogP) is 29.1. The predicted molar refractivity (Wildman–Crippen MR) is 516 cm³/mol. The molecule has 0 N–H and O–H groups in total. The van der Waals surface area contributed by atoms with Crippen LogP contribution in [0, 0.1) is 66.0 Å². The highest BCUT2D eigenvalue weighted by Crippen LogP contribution is 2.56. The van der Waals surface area contributed by atoms with E-state index in [0.29, 0.717) is 99.5 Å². The number of ether oxygens (including phenoxy) is 1. The Morgan fingerprint density at radius 2 is 0.544 bits per heavy atom. The fraction of sp³-hybridized carbons (Fsp3) is 1.00. The first-order valence-corrected chi connectivity index (χ1v) is 47.2. The molecule has 8 aliphatic rings. The summed E-state index contributed by atoms with van der Waals surface area (Å²) in [6.45, 7) is 139. The zero-order valence-electron chi connectivity index (χ0n) is 88.4. The van der Waals surface area contributed by atoms with Crippen molar-refractivity contribution in [1.29, 1.82) is 0 Å². The summed E-state index contributed by atoms with van der Waals surface area (Å²) >= 11 is 0. The van der Waals surface area contributed by atoms with Crippen molar-refractivity contribution in [2.24, 2.45) is 66.0 Å². The van der Waals surface area contributed by atoms with E-state index in [2.05, 4.69) is 413 Å². The summed E-state index contributed by atoms with van der Waals surface area (Å²) in [4.78, 5) is 21.3. The van der Waals surface area contributed by atoms with Gasteiger partial charge < -0.3 is 4.74 Å². The summed E-state index contributed by atoms with van der Waals surface area (Å²) in [7, 11) is 0. The van der Waals surface area contributed by atoms with Gasteiger partial charge >= 0.3 is 0 Å². The van der Waals surface area contributed by atoms with Gasteiger partial charge in [0.25, 0.3) is 0 Å². The lowest BCUT2D eigenvalue weighted by Crippen LogP contribution is -2.65. The van der Waals surface area contributed by atoms with Crippen molar-refractivity contribution in [3.8, 4) is 0 Å². The Morgan fingerprint density at radius 3 is 0.754 bits per heavy atom. The van der Waals surface area contributed by atoms with Crippen molar-refractivity contribution in [1.82, 2.24) is 39.2 Å². The molecule has 8 rings (SSSR count). The van der Waals surface area contributed by atoms with Gasteiger partial charge in [0.2, 0.25) is 0 Å². The number of nitrogens with zero attached hydrogens (tertiary/aromatic N) is 8. The van der Waals surface area contributed by atoms with Crippen molar-refractivity contribution in [2.75, 3.05) is 65.7 Å². The maximum absolute atomic E-state index is 5.55. The molecule has 0 spiro atoms. The monoisotopic (exact) mass is 1610 g/mol. The molecular weight excluding hydrogens is 1390 g/mol. The molecule has 8 fully saturated rings. The van der Waals surface area contributed by atoms with Crippen molar-refractivity contribution in [3.63, 3.8) is 0 Å². The third-order valence-corrected chi connectivity index (χ3v) is 27.9. The second kappa shape index (κ2) is 40.7. The van der Waals surface area contributed by atoms with Crippen LogP contribution in [0.3, 0.4) is 0 Å². The zero-order chi connectivity index (χ0) is 89.7. The molecule has 9 heteroatoms. The maximum Gasteiger partial charge on any atom is 0.0998 e. The molecule has 0 aromatic carbocycles. The lowest BCUT2D eigenvalue weighted by molar-refractivity contribution is -0.101. The van der Waals surface area contributed by atoms with E-state index in [1.165, 1.54) is 136 Å². The molecule has 8 atom stereocenters. The minimum Gasteiger partial charge on any atom is -0.364 e. The second-order valence-corrected chi connectivity index (χ2v) is 56.2. The van der Waals surface area contributed by atoms with E-state index in [0.717, 1.165) is 49.3 Å². The highest BCUT2D eigenvalue weighted by atomic mass is 16.5. The molecule has 0 aromatic heterocycles. The Kier molecular flexibility index (Phi) is 40.6. The highest BCUT2D eigenvalue weighted by Gasteiger charge is 2.59. The van der Waals surface area contributed by atoms with Crippen LogP contribution in [0.5, 0.6) is 0 Å². The molecule has 0 bridgehead atoms. The van der Waals surface area contributed by atoms with E-state index >= 15 is 0 Å². The molecule has 0 aromatic rings. The van der Waals surface area contributed by atoms with Crippen LogP contribution in [-0.4, -0.2) is 191 Å². The first-order chi connectivity index (χ1) is 49.5. The summed E-state index contributed by atoms with van der Waals surface area (Å²) in [6, 6.07) is 4.34. The minimum atomic E-state index is 0. The van der Waals surface area contributed by atoms with E-state index in [9.17, 15) is 0 Å². The third kappa shape index (κ3) is 34.6. The lowest BCUT2D eigenvalue weighted by Gasteiger charge is -2.60. The Labute approximate surface area is 722 Å². The minimum absolute atomic E-state index is 0. The Hall–Kier alpha value is -0.360. The van der Waals surface area contributed by atoms with Gasteiger partial charge in [-0.05, 0) is 336 Å². The van der Waals surface area contributed by atoms with Gasteiger partial charge in [-0.1, -0.05) is 228 Å². The van der Waals surface area contributed by atoms with Crippen LogP contribution in [0.4, 0.5) is 0 Å². The fourth-order valence-corrected chi connectivity index (χ4v) is 21.2. The van der Waals surface area contributed by atoms with Gasteiger partial charge in [0, 0.05) is 106 Å². The summed E-state index contributed by atoms with van der Waals surface area (Å²) in [5.74, 6) is 1.71. The molecule has 0 amide bonds. The van der Waals surface area contributed by atoms with Gasteiger partial charge in [-0.3, -0.25) is 39.2 Å². The number of likely N-dealkylation sites (tertiary alicyclic amines) is 7. The van der Waals surface area contributed by atoms with Gasteiger partial charge in [0.15, 0.2) is 0 Å². The molecule has 114 heavy (non-hydrogen) atoms. The van der Waals surface area contributed by atoms with Crippen molar-refractivity contribution < 1.29 is 4.74 Å². The summed E-state index contributed by atoms with van der Waals surface area (Å²) in [6.07, 6.45) is 17.9. The maximum atomic E-state index is 5.55. The molecule has 0 saturated carbocycles. The molecule has 8 heterocycles. The Bertz CT molecular complexity index is 2440. The average Bonchev–Trinajstić information content (AvgIpc) is 1.52. The van der Waals surface area contributed by atoms with Crippen LogP contribution in [-0.2, 0) is 4.74 Å². The van der Waals surface area contributed by atoms with Crippen molar-refractivity contribution in [3.05, 3.63) is 0 Å². The van der Waals surface area contributed by atoms with Crippen LogP contribution >= 0.6 is 0 Å². The Balaban J connectivity index is 0.00000128. The topological polar surface area (TPSA) is 35.2 Å². The average molecular weight is 1610 g/mol. The van der Waals surface area contributed by atoms with Crippen molar-refractivity contribution >= 4 is 0 Å². The van der Waals surface area contributed by atoms with Crippen LogP contribution < -0.4 is 0 Å². The van der Waals surface area contributed by atoms with E-state index in [1.54, 1.807) is 0 Å². The van der Waals surface area contributed by atoms with Crippen LogP contribution in [0.1, 0.15) is 465 Å². The normalized spacial score (nSPS) is 26.3. The van der Waals surface area contributed by atoms with Gasteiger partial charge in [0.05, 0.1) is 13.3 Å². The lowest BCUT2D eigenvalue weighted by atomic mass is 9.58. The fourth-order valence-electron chi connectivity index (χ4n) is 21.2. The summed E-state index contributed by atoms with van der Waals surface area (Å²) in [5, 5.41) is 0. The molecular formula is C105H220N8O. The molecule has 8 unspecified atom stereocenters. The first kappa shape index (κ1) is 114. The zero-order valence-corrected chi connectivity index (χ0v) is 88.4. The quantitative estimate of drug-likeness (QED) is 0.236. The molecule has 8 aliphatic heterocycles. The third-order valence-electron chi connectivity index (χ3n) is 27.9. The van der Waals surface area contributed by atoms with Crippen LogP contribution in [0.15, 0.2) is 0 Å². The largest absolute Gasteiger partial charge is 0.364 e. The number of hydrogen-bond donors (Lipinski definition) is 0. The van der Waals surface area contributed by atoms with Gasteiger partial charge in [0.1, 0.15) is 0 Å². The molecule has 686 valence electrons. The summed E-state index contributed by atoms with van der Waals surface area (Å²) < 4.78 is 5.55.